The Labute approximate surface area is 143 Å². The normalized spacial score (nSPS) is 19.1. The van der Waals surface area contributed by atoms with Gasteiger partial charge >= 0.3 is 5.97 Å². The van der Waals surface area contributed by atoms with Crippen LogP contribution < -0.4 is 10.6 Å². The van der Waals surface area contributed by atoms with Gasteiger partial charge in [-0.15, -0.1) is 11.8 Å². The number of halogens is 1. The molecule has 2 rings (SSSR count). The summed E-state index contributed by atoms with van der Waals surface area (Å²) in [4.78, 5) is 37.2. The van der Waals surface area contributed by atoms with Gasteiger partial charge in [0.25, 0.3) is 0 Å². The number of anilines is 1. The molecule has 6 nitrogen and oxygen atoms in total. The summed E-state index contributed by atoms with van der Waals surface area (Å²) in [5.74, 6) is -0.604. The number of quaternary nitrogens is 1. The zero-order chi connectivity index (χ0) is 17.0. The van der Waals surface area contributed by atoms with Crippen molar-refractivity contribution in [2.75, 3.05) is 17.3 Å². The van der Waals surface area contributed by atoms with Gasteiger partial charge in [-0.25, -0.2) is 9.69 Å². The van der Waals surface area contributed by atoms with Gasteiger partial charge in [-0.3, -0.25) is 9.59 Å². The standard InChI is InChI=1S/C15H17ClN2O4S/c1-2-22-15(21)11(17)8-23-12-7-13(19)18(14(12)20)10-5-3-9(16)4-6-10/h3-6,11-12H,2,7-8,17H2,1H3/p+1/t11-,12-/m1/s1. The maximum atomic E-state index is 12.4. The zero-order valence-corrected chi connectivity index (χ0v) is 14.2. The monoisotopic (exact) mass is 357 g/mol. The minimum Gasteiger partial charge on any atom is -0.462 e. The quantitative estimate of drug-likeness (QED) is 0.602. The fourth-order valence-electron chi connectivity index (χ4n) is 2.16. The molecule has 1 aromatic rings. The van der Waals surface area contributed by atoms with E-state index in [0.29, 0.717) is 23.1 Å². The van der Waals surface area contributed by atoms with E-state index in [4.69, 9.17) is 16.3 Å². The van der Waals surface area contributed by atoms with Crippen LogP contribution in [0.15, 0.2) is 24.3 Å². The summed E-state index contributed by atoms with van der Waals surface area (Å²) in [6, 6.07) is 5.96. The van der Waals surface area contributed by atoms with Crippen LogP contribution in [0.1, 0.15) is 13.3 Å². The van der Waals surface area contributed by atoms with Crippen molar-refractivity contribution in [2.45, 2.75) is 24.6 Å². The highest BCUT2D eigenvalue weighted by Gasteiger charge is 2.40. The van der Waals surface area contributed by atoms with E-state index in [9.17, 15) is 14.4 Å². The second kappa shape index (κ2) is 7.81. The van der Waals surface area contributed by atoms with Gasteiger partial charge in [0.1, 0.15) is 0 Å². The number of benzene rings is 1. The Bertz CT molecular complexity index is 608. The van der Waals surface area contributed by atoms with E-state index in [-0.39, 0.29) is 18.2 Å². The second-order valence-electron chi connectivity index (χ2n) is 5.02. The molecule has 23 heavy (non-hydrogen) atoms. The van der Waals surface area contributed by atoms with Crippen LogP contribution >= 0.6 is 23.4 Å². The summed E-state index contributed by atoms with van der Waals surface area (Å²) in [6.07, 6.45) is 0.113. The Morgan fingerprint density at radius 2 is 2.09 bits per heavy atom. The van der Waals surface area contributed by atoms with Crippen LogP contribution in [0.4, 0.5) is 5.69 Å². The maximum Gasteiger partial charge on any atom is 0.365 e. The first-order valence-corrected chi connectivity index (χ1v) is 8.60. The van der Waals surface area contributed by atoms with Gasteiger partial charge in [0.05, 0.1) is 23.3 Å². The van der Waals surface area contributed by atoms with Crippen molar-refractivity contribution in [3.05, 3.63) is 29.3 Å². The number of thioether (sulfide) groups is 1. The second-order valence-corrected chi connectivity index (χ2v) is 6.69. The number of rotatable bonds is 6. The summed E-state index contributed by atoms with van der Waals surface area (Å²) in [5.41, 5.74) is 4.23. The van der Waals surface area contributed by atoms with Crippen molar-refractivity contribution in [3.8, 4) is 0 Å². The molecule has 3 N–H and O–H groups in total. The molecule has 0 saturated carbocycles. The predicted octanol–water partition coefficient (Wildman–Crippen LogP) is 0.879. The molecule has 1 fully saturated rings. The number of hydrogen-bond acceptors (Lipinski definition) is 5. The van der Waals surface area contributed by atoms with Crippen molar-refractivity contribution in [2.24, 2.45) is 0 Å². The fourth-order valence-corrected chi connectivity index (χ4v) is 3.39. The first kappa shape index (κ1) is 17.8. The molecule has 0 radical (unpaired) electrons. The van der Waals surface area contributed by atoms with E-state index in [1.807, 2.05) is 0 Å². The van der Waals surface area contributed by atoms with E-state index >= 15 is 0 Å². The maximum absolute atomic E-state index is 12.4. The summed E-state index contributed by atoms with van der Waals surface area (Å²) in [7, 11) is 0. The Hall–Kier alpha value is -1.57. The third-order valence-corrected chi connectivity index (χ3v) is 4.93. The van der Waals surface area contributed by atoms with E-state index in [1.54, 1.807) is 31.2 Å². The van der Waals surface area contributed by atoms with E-state index < -0.39 is 17.3 Å². The average molecular weight is 358 g/mol. The molecule has 124 valence electrons. The van der Waals surface area contributed by atoms with Crippen molar-refractivity contribution >= 4 is 46.8 Å². The molecule has 8 heteroatoms. The van der Waals surface area contributed by atoms with Crippen LogP contribution in [0.2, 0.25) is 5.02 Å². The highest BCUT2D eigenvalue weighted by atomic mass is 35.5. The lowest BCUT2D eigenvalue weighted by atomic mass is 10.3. The van der Waals surface area contributed by atoms with Crippen LogP contribution in [0.5, 0.6) is 0 Å². The molecular weight excluding hydrogens is 340 g/mol. The summed E-state index contributed by atoms with van der Waals surface area (Å²) >= 11 is 7.07. The largest absolute Gasteiger partial charge is 0.462 e. The Morgan fingerprint density at radius 1 is 1.43 bits per heavy atom. The van der Waals surface area contributed by atoms with Gasteiger partial charge in [0.2, 0.25) is 11.8 Å². The van der Waals surface area contributed by atoms with E-state index in [2.05, 4.69) is 5.73 Å². The Kier molecular flexibility index (Phi) is 6.04. The first-order chi connectivity index (χ1) is 10.9. The topological polar surface area (TPSA) is 91.3 Å². The summed E-state index contributed by atoms with van der Waals surface area (Å²) in [5, 5.41) is 0.0324. The van der Waals surface area contributed by atoms with Crippen LogP contribution in [0.3, 0.4) is 0 Å². The van der Waals surface area contributed by atoms with Crippen LogP contribution in [-0.4, -0.2) is 41.4 Å². The fraction of sp³-hybridized carbons (Fsp3) is 0.400. The van der Waals surface area contributed by atoms with Gasteiger partial charge in [-0.05, 0) is 31.2 Å². The third-order valence-electron chi connectivity index (χ3n) is 3.31. The smallest absolute Gasteiger partial charge is 0.365 e. The van der Waals surface area contributed by atoms with Gasteiger partial charge in [-0.1, -0.05) is 11.6 Å². The molecular formula is C15H18ClN2O4S+. The predicted molar refractivity (Wildman–Crippen MR) is 88.1 cm³/mol. The number of ether oxygens (including phenoxy) is 1. The number of carbonyl (C=O) groups excluding carboxylic acids is 3. The molecule has 0 unspecified atom stereocenters. The molecule has 1 heterocycles. The lowest BCUT2D eigenvalue weighted by Gasteiger charge is -2.15. The molecule has 1 aliphatic rings. The highest BCUT2D eigenvalue weighted by Crippen LogP contribution is 2.30. The average Bonchev–Trinajstić information content (AvgIpc) is 2.80. The molecule has 0 bridgehead atoms. The third kappa shape index (κ3) is 4.25. The lowest BCUT2D eigenvalue weighted by Crippen LogP contribution is -2.66. The SMILES string of the molecule is CCOC(=O)[C@H]([NH3+])CS[C@@H]1CC(=O)N(c2ccc(Cl)cc2)C1=O. The molecule has 1 saturated heterocycles. The van der Waals surface area contributed by atoms with Crippen molar-refractivity contribution in [1.82, 2.24) is 0 Å². The molecule has 1 aromatic carbocycles. The Balaban J connectivity index is 1.98. The van der Waals surface area contributed by atoms with Gasteiger partial charge in [0.15, 0.2) is 6.04 Å². The number of amides is 2. The van der Waals surface area contributed by atoms with Crippen LogP contribution in [0.25, 0.3) is 0 Å². The number of nitrogens with zero attached hydrogens (tertiary/aromatic N) is 1. The van der Waals surface area contributed by atoms with Crippen molar-refractivity contribution in [1.29, 1.82) is 0 Å². The van der Waals surface area contributed by atoms with Crippen LogP contribution in [-0.2, 0) is 19.1 Å². The van der Waals surface area contributed by atoms with E-state index in [1.165, 1.54) is 11.8 Å². The minimum absolute atomic E-state index is 0.113. The van der Waals surface area contributed by atoms with E-state index in [0.717, 1.165) is 4.90 Å². The number of imide groups is 1. The summed E-state index contributed by atoms with van der Waals surface area (Å²) < 4.78 is 4.88. The van der Waals surface area contributed by atoms with Crippen molar-refractivity contribution < 1.29 is 24.9 Å². The molecule has 0 aliphatic carbocycles. The van der Waals surface area contributed by atoms with Gasteiger partial charge < -0.3 is 10.5 Å². The minimum atomic E-state index is -0.563. The number of hydrogen-bond donors (Lipinski definition) is 1. The molecule has 0 aromatic heterocycles. The highest BCUT2D eigenvalue weighted by molar-refractivity contribution is 8.00. The Morgan fingerprint density at radius 3 is 2.70 bits per heavy atom. The first-order valence-electron chi connectivity index (χ1n) is 7.17. The molecule has 2 amide bonds. The number of esters is 1. The number of carbonyl (C=O) groups is 3. The zero-order valence-electron chi connectivity index (χ0n) is 12.7. The molecule has 1 aliphatic heterocycles. The summed E-state index contributed by atoms with van der Waals surface area (Å²) in [6.45, 7) is 2.02. The van der Waals surface area contributed by atoms with Gasteiger partial charge in [0, 0.05) is 11.4 Å². The van der Waals surface area contributed by atoms with Gasteiger partial charge in [-0.2, -0.15) is 0 Å². The van der Waals surface area contributed by atoms with Crippen molar-refractivity contribution in [3.63, 3.8) is 0 Å². The molecule has 0 spiro atoms. The van der Waals surface area contributed by atoms with Crippen LogP contribution in [0, 0.1) is 0 Å². The lowest BCUT2D eigenvalue weighted by molar-refractivity contribution is -0.401. The molecule has 2 atom stereocenters.